The topological polar surface area (TPSA) is 116 Å². The van der Waals surface area contributed by atoms with E-state index in [1.165, 1.54) is 15.3 Å². The summed E-state index contributed by atoms with van der Waals surface area (Å²) in [6.07, 6.45) is 3.23. The first-order valence-electron chi connectivity index (χ1n) is 11.3. The van der Waals surface area contributed by atoms with Crippen LogP contribution in [0.1, 0.15) is 26.2 Å². The van der Waals surface area contributed by atoms with Gasteiger partial charge in [-0.05, 0) is 53.3 Å². The van der Waals surface area contributed by atoms with Gasteiger partial charge in [0, 0.05) is 6.04 Å². The molecule has 0 saturated heterocycles. The van der Waals surface area contributed by atoms with E-state index in [0.29, 0.717) is 45.7 Å². The quantitative estimate of drug-likeness (QED) is 0.104. The van der Waals surface area contributed by atoms with Crippen LogP contribution in [0.5, 0.6) is 0 Å². The molecule has 1 unspecified atom stereocenters. The normalized spacial score (nSPS) is 12.7. The van der Waals surface area contributed by atoms with Gasteiger partial charge in [-0.15, -0.1) is 9.45 Å². The standard InChI is InChI=1S/C19H42O9S4Si/c1-2-3-17-32(31-30-29)18-4-19-33(26-14-11-23-8-5-20,27-15-12-24-9-6-21)28-16-13-25-10-7-22/h20-22H,2-19H2,1H3. The molecule has 0 aliphatic rings. The highest BCUT2D eigenvalue weighted by atomic mass is 33.2. The van der Waals surface area contributed by atoms with Crippen molar-refractivity contribution >= 4 is 47.2 Å². The minimum absolute atomic E-state index is 0.0431. The molecule has 3 N–H and O–H groups in total. The Hall–Kier alpha value is 0.867. The molecule has 0 aliphatic carbocycles. The third kappa shape index (κ3) is 20.7. The van der Waals surface area contributed by atoms with Gasteiger partial charge >= 0.3 is 8.80 Å². The molecule has 0 aromatic rings. The van der Waals surface area contributed by atoms with Crippen molar-refractivity contribution in [3.05, 3.63) is 0 Å². The number of hydrogen-bond donors (Lipinski definition) is 3. The zero-order valence-electron chi connectivity index (χ0n) is 19.7. The third-order valence-electron chi connectivity index (χ3n) is 4.06. The van der Waals surface area contributed by atoms with Crippen molar-refractivity contribution in [2.45, 2.75) is 32.2 Å². The van der Waals surface area contributed by atoms with E-state index in [2.05, 4.69) is 6.92 Å². The Morgan fingerprint density at radius 2 is 1.15 bits per heavy atom. The fourth-order valence-electron chi connectivity index (χ4n) is 2.57. The van der Waals surface area contributed by atoms with E-state index < -0.39 is 8.80 Å². The SMILES string of the molecule is CCCCS(CCC[Si](OCCOCCO)(OCCOCCO)OCCOCCO)=S=S=S. The Balaban J connectivity index is 5.11. The molecule has 0 amide bonds. The van der Waals surface area contributed by atoms with Gasteiger partial charge in [-0.2, -0.15) is 0 Å². The molecule has 0 heterocycles. The van der Waals surface area contributed by atoms with E-state index in [9.17, 15) is 0 Å². The number of aliphatic hydroxyl groups excluding tert-OH is 3. The van der Waals surface area contributed by atoms with Crippen LogP contribution in [-0.4, -0.2) is 115 Å². The molecule has 1 atom stereocenters. The lowest BCUT2D eigenvalue weighted by atomic mass is 10.4. The van der Waals surface area contributed by atoms with Crippen molar-refractivity contribution in [3.8, 4) is 0 Å². The summed E-state index contributed by atoms with van der Waals surface area (Å²) < 4.78 is 34.5. The molecule has 0 aromatic heterocycles. The van der Waals surface area contributed by atoms with Crippen LogP contribution in [0.2, 0.25) is 6.04 Å². The predicted molar refractivity (Wildman–Crippen MR) is 141 cm³/mol. The summed E-state index contributed by atoms with van der Waals surface area (Å²) >= 11 is 5.10. The van der Waals surface area contributed by atoms with Gasteiger partial charge in [-0.25, -0.2) is 0 Å². The van der Waals surface area contributed by atoms with E-state index in [4.69, 9.17) is 54.0 Å². The van der Waals surface area contributed by atoms with Gasteiger partial charge in [0.15, 0.2) is 0 Å². The second kappa shape index (κ2) is 25.9. The fraction of sp³-hybridized carbons (Fsp3) is 1.00. The zero-order valence-corrected chi connectivity index (χ0v) is 23.9. The van der Waals surface area contributed by atoms with Gasteiger partial charge in [0.2, 0.25) is 0 Å². The highest BCUT2D eigenvalue weighted by molar-refractivity contribution is 8.58. The molecule has 9 nitrogen and oxygen atoms in total. The highest BCUT2D eigenvalue weighted by Gasteiger charge is 2.41. The van der Waals surface area contributed by atoms with Crippen LogP contribution < -0.4 is 0 Å². The number of unbranched alkanes of at least 4 members (excludes halogenated alkanes) is 1. The molecular weight excluding hydrogens is 529 g/mol. The smallest absolute Gasteiger partial charge is 0.394 e. The van der Waals surface area contributed by atoms with Crippen molar-refractivity contribution in [2.24, 2.45) is 0 Å². The van der Waals surface area contributed by atoms with Crippen LogP contribution in [0.3, 0.4) is 0 Å². The van der Waals surface area contributed by atoms with Gasteiger partial charge in [0.05, 0.1) is 79.3 Å². The Morgan fingerprint density at radius 1 is 0.697 bits per heavy atom. The van der Waals surface area contributed by atoms with Crippen molar-refractivity contribution in [1.29, 1.82) is 0 Å². The summed E-state index contributed by atoms with van der Waals surface area (Å²) in [6.45, 7) is 4.67. The largest absolute Gasteiger partial charge is 0.501 e. The van der Waals surface area contributed by atoms with Crippen molar-refractivity contribution < 1.29 is 42.8 Å². The lowest BCUT2D eigenvalue weighted by molar-refractivity contribution is -0.00699. The van der Waals surface area contributed by atoms with Crippen LogP contribution in [0.4, 0.5) is 0 Å². The molecular formula is C19H42O9S4Si. The van der Waals surface area contributed by atoms with Crippen molar-refractivity contribution in [2.75, 3.05) is 90.8 Å². The molecule has 0 aliphatic heterocycles. The van der Waals surface area contributed by atoms with Crippen LogP contribution >= 0.6 is 0 Å². The first-order chi connectivity index (χ1) is 16.2. The monoisotopic (exact) mass is 570 g/mol. The molecule has 0 rings (SSSR count). The van der Waals surface area contributed by atoms with E-state index in [0.717, 1.165) is 24.3 Å². The predicted octanol–water partition coefficient (Wildman–Crippen LogP) is 0.267. The molecule has 0 bridgehead atoms. The van der Waals surface area contributed by atoms with Crippen LogP contribution in [0, 0.1) is 0 Å². The lowest BCUT2D eigenvalue weighted by Crippen LogP contribution is -2.48. The van der Waals surface area contributed by atoms with Crippen LogP contribution in [-0.2, 0) is 65.9 Å². The molecule has 33 heavy (non-hydrogen) atoms. The summed E-state index contributed by atoms with van der Waals surface area (Å²) in [4.78, 5) is 0. The average molecular weight is 571 g/mol. The summed E-state index contributed by atoms with van der Waals surface area (Å²) in [7, 11) is 0.293. The number of aliphatic hydroxyl groups is 3. The summed E-state index contributed by atoms with van der Waals surface area (Å²) in [6, 6.07) is 0.644. The maximum atomic E-state index is 8.89. The summed E-state index contributed by atoms with van der Waals surface area (Å²) in [5, 5.41) is 26.7. The molecule has 0 spiro atoms. The van der Waals surface area contributed by atoms with Gasteiger partial charge in [0.25, 0.3) is 0 Å². The second-order valence-corrected chi connectivity index (χ2v) is 16.1. The molecule has 14 heteroatoms. The average Bonchev–Trinajstić information content (AvgIpc) is 2.82. The maximum absolute atomic E-state index is 8.89. The van der Waals surface area contributed by atoms with Gasteiger partial charge in [-0.1, -0.05) is 13.3 Å². The molecule has 200 valence electrons. The Kier molecular flexibility index (Phi) is 26.6. The summed E-state index contributed by atoms with van der Waals surface area (Å²) in [5.74, 6) is 2.17. The maximum Gasteiger partial charge on any atom is 0.501 e. The molecule has 0 aromatic carbocycles. The minimum atomic E-state index is -3.06. The van der Waals surface area contributed by atoms with Gasteiger partial charge in [0.1, 0.15) is 0 Å². The minimum Gasteiger partial charge on any atom is -0.394 e. The number of hydrogen-bond acceptors (Lipinski definition) is 10. The van der Waals surface area contributed by atoms with Crippen LogP contribution in [0.25, 0.3) is 0 Å². The third-order valence-corrected chi connectivity index (χ3v) is 14.2. The van der Waals surface area contributed by atoms with Crippen molar-refractivity contribution in [3.63, 3.8) is 0 Å². The summed E-state index contributed by atoms with van der Waals surface area (Å²) in [5.41, 5.74) is 0. The van der Waals surface area contributed by atoms with Crippen LogP contribution in [0.15, 0.2) is 0 Å². The zero-order chi connectivity index (χ0) is 24.5. The first-order valence-corrected chi connectivity index (χ1v) is 18.4. The van der Waals surface area contributed by atoms with Gasteiger partial charge < -0.3 is 42.8 Å². The van der Waals surface area contributed by atoms with Crippen molar-refractivity contribution in [1.82, 2.24) is 0 Å². The van der Waals surface area contributed by atoms with E-state index in [-0.39, 0.29) is 49.1 Å². The number of rotatable bonds is 25. The highest BCUT2D eigenvalue weighted by Crippen LogP contribution is 2.19. The lowest BCUT2D eigenvalue weighted by Gasteiger charge is -2.30. The van der Waals surface area contributed by atoms with E-state index in [1.54, 1.807) is 8.88 Å². The number of ether oxygens (including phenoxy) is 3. The first kappa shape index (κ1) is 33.9. The van der Waals surface area contributed by atoms with E-state index >= 15 is 0 Å². The molecule has 0 radical (unpaired) electrons. The second-order valence-electron chi connectivity index (χ2n) is 6.68. The van der Waals surface area contributed by atoms with Gasteiger partial charge in [-0.3, -0.25) is 0 Å². The molecule has 0 fully saturated rings. The Morgan fingerprint density at radius 3 is 1.55 bits per heavy atom. The Labute approximate surface area is 212 Å². The van der Waals surface area contributed by atoms with E-state index in [1.807, 2.05) is 0 Å². The Bertz CT molecular complexity index is 499. The fourth-order valence-corrected chi connectivity index (χ4v) is 12.2. The molecule has 0 saturated carbocycles.